The van der Waals surface area contributed by atoms with Crippen LogP contribution in [0.1, 0.15) is 6.42 Å². The molecule has 0 saturated heterocycles. The van der Waals surface area contributed by atoms with E-state index in [1.807, 2.05) is 53.1 Å². The molecular weight excluding hydrogens is 350 g/mol. The number of rotatable bonds is 9. The molecule has 3 aromatic rings. The summed E-state index contributed by atoms with van der Waals surface area (Å²) in [7, 11) is 3.31. The third-order valence-electron chi connectivity index (χ3n) is 3.70. The summed E-state index contributed by atoms with van der Waals surface area (Å²) in [6, 6.07) is 15.4. The quantitative estimate of drug-likeness (QED) is 0.421. The minimum Gasteiger partial charge on any atom is -0.497 e. The van der Waals surface area contributed by atoms with E-state index in [1.165, 1.54) is 0 Å². The van der Waals surface area contributed by atoms with Crippen molar-refractivity contribution in [3.63, 3.8) is 0 Å². The summed E-state index contributed by atoms with van der Waals surface area (Å²) >= 11 is 1.65. The Labute approximate surface area is 157 Å². The fraction of sp³-hybridized carbons (Fsp3) is 0.263. The van der Waals surface area contributed by atoms with Crippen LogP contribution in [0.2, 0.25) is 0 Å². The van der Waals surface area contributed by atoms with Gasteiger partial charge in [0.05, 0.1) is 26.5 Å². The van der Waals surface area contributed by atoms with Gasteiger partial charge in [0, 0.05) is 11.8 Å². The zero-order chi connectivity index (χ0) is 18.2. The molecule has 0 bridgehead atoms. The van der Waals surface area contributed by atoms with Gasteiger partial charge < -0.3 is 14.2 Å². The van der Waals surface area contributed by atoms with E-state index in [4.69, 9.17) is 14.2 Å². The van der Waals surface area contributed by atoms with E-state index in [-0.39, 0.29) is 0 Å². The third-order valence-corrected chi connectivity index (χ3v) is 4.73. The van der Waals surface area contributed by atoms with Crippen molar-refractivity contribution in [1.82, 2.24) is 14.8 Å². The van der Waals surface area contributed by atoms with E-state index in [2.05, 4.69) is 10.2 Å². The van der Waals surface area contributed by atoms with Crippen LogP contribution in [-0.2, 0) is 0 Å². The SMILES string of the molecule is COc1ccc(OCCCSc2nncn2-c2cccc(OC)c2)cc1. The van der Waals surface area contributed by atoms with Gasteiger partial charge in [-0.05, 0) is 42.8 Å². The molecule has 0 unspecified atom stereocenters. The summed E-state index contributed by atoms with van der Waals surface area (Å²) < 4.78 is 18.1. The molecule has 1 aromatic heterocycles. The Balaban J connectivity index is 1.49. The fourth-order valence-corrected chi connectivity index (χ4v) is 3.19. The molecule has 0 aliphatic carbocycles. The number of methoxy groups -OCH3 is 2. The Morgan fingerprint density at radius 1 is 0.962 bits per heavy atom. The predicted molar refractivity (Wildman–Crippen MR) is 102 cm³/mol. The molecular formula is C19H21N3O3S. The van der Waals surface area contributed by atoms with Crippen LogP contribution in [0.4, 0.5) is 0 Å². The highest BCUT2D eigenvalue weighted by Gasteiger charge is 2.08. The highest BCUT2D eigenvalue weighted by Crippen LogP contribution is 2.23. The first-order valence-corrected chi connectivity index (χ1v) is 9.23. The molecule has 2 aromatic carbocycles. The standard InChI is InChI=1S/C19H21N3O3S/c1-23-16-7-9-17(10-8-16)25-11-4-12-26-19-21-20-14-22(19)15-5-3-6-18(13-15)24-2/h3,5-10,13-14H,4,11-12H2,1-2H3. The van der Waals surface area contributed by atoms with Crippen LogP contribution >= 0.6 is 11.8 Å². The molecule has 0 aliphatic heterocycles. The Hall–Kier alpha value is -2.67. The summed E-state index contributed by atoms with van der Waals surface area (Å²) in [5, 5.41) is 9.08. The van der Waals surface area contributed by atoms with Gasteiger partial charge in [0.25, 0.3) is 0 Å². The molecule has 0 radical (unpaired) electrons. The van der Waals surface area contributed by atoms with Crippen LogP contribution in [0, 0.1) is 0 Å². The zero-order valence-corrected chi connectivity index (χ0v) is 15.6. The second kappa shape index (κ2) is 9.15. The lowest BCUT2D eigenvalue weighted by atomic mass is 10.3. The van der Waals surface area contributed by atoms with E-state index in [1.54, 1.807) is 32.3 Å². The summed E-state index contributed by atoms with van der Waals surface area (Å²) in [4.78, 5) is 0. The first kappa shape index (κ1) is 18.1. The second-order valence-corrected chi connectivity index (χ2v) is 6.47. The number of nitrogens with zero attached hydrogens (tertiary/aromatic N) is 3. The van der Waals surface area contributed by atoms with E-state index in [0.29, 0.717) is 6.61 Å². The number of hydrogen-bond acceptors (Lipinski definition) is 6. The van der Waals surface area contributed by atoms with Gasteiger partial charge in [0.2, 0.25) is 0 Å². The number of thioether (sulfide) groups is 1. The maximum Gasteiger partial charge on any atom is 0.195 e. The molecule has 0 N–H and O–H groups in total. The predicted octanol–water partition coefficient (Wildman–Crippen LogP) is 3.85. The Morgan fingerprint density at radius 3 is 2.50 bits per heavy atom. The number of aromatic nitrogens is 3. The smallest absolute Gasteiger partial charge is 0.195 e. The maximum absolute atomic E-state index is 5.74. The molecule has 0 atom stereocenters. The third kappa shape index (κ3) is 4.70. The van der Waals surface area contributed by atoms with Crippen molar-refractivity contribution in [2.75, 3.05) is 26.6 Å². The average Bonchev–Trinajstić information content (AvgIpc) is 3.17. The van der Waals surface area contributed by atoms with Gasteiger partial charge in [-0.3, -0.25) is 4.57 Å². The van der Waals surface area contributed by atoms with Gasteiger partial charge in [-0.1, -0.05) is 17.8 Å². The second-order valence-electron chi connectivity index (χ2n) is 5.41. The Kier molecular flexibility index (Phi) is 6.38. The van der Waals surface area contributed by atoms with Crippen molar-refractivity contribution >= 4 is 11.8 Å². The van der Waals surface area contributed by atoms with E-state index in [0.717, 1.165) is 40.3 Å². The van der Waals surface area contributed by atoms with Crippen molar-refractivity contribution in [2.45, 2.75) is 11.6 Å². The minimum absolute atomic E-state index is 0.645. The number of hydrogen-bond donors (Lipinski definition) is 0. The van der Waals surface area contributed by atoms with Crippen LogP contribution in [-0.4, -0.2) is 41.3 Å². The largest absolute Gasteiger partial charge is 0.497 e. The average molecular weight is 371 g/mol. The molecule has 0 aliphatic rings. The molecule has 0 spiro atoms. The Bertz CT molecular complexity index is 821. The van der Waals surface area contributed by atoms with Gasteiger partial charge >= 0.3 is 0 Å². The molecule has 136 valence electrons. The highest BCUT2D eigenvalue weighted by atomic mass is 32.2. The molecule has 0 amide bonds. The molecule has 6 nitrogen and oxygen atoms in total. The van der Waals surface area contributed by atoms with E-state index >= 15 is 0 Å². The maximum atomic E-state index is 5.74. The number of benzene rings is 2. The number of ether oxygens (including phenoxy) is 3. The van der Waals surface area contributed by atoms with Gasteiger partial charge in [0.1, 0.15) is 23.6 Å². The van der Waals surface area contributed by atoms with Crippen LogP contribution in [0.5, 0.6) is 17.2 Å². The van der Waals surface area contributed by atoms with Crippen LogP contribution in [0.25, 0.3) is 5.69 Å². The van der Waals surface area contributed by atoms with Crippen molar-refractivity contribution < 1.29 is 14.2 Å². The van der Waals surface area contributed by atoms with Crippen LogP contribution < -0.4 is 14.2 Å². The first-order valence-electron chi connectivity index (χ1n) is 8.24. The van der Waals surface area contributed by atoms with Gasteiger partial charge in [-0.2, -0.15) is 0 Å². The van der Waals surface area contributed by atoms with Crippen molar-refractivity contribution in [3.05, 3.63) is 54.9 Å². The van der Waals surface area contributed by atoms with E-state index in [9.17, 15) is 0 Å². The lowest BCUT2D eigenvalue weighted by Gasteiger charge is -2.09. The van der Waals surface area contributed by atoms with Gasteiger partial charge in [0.15, 0.2) is 5.16 Å². The summed E-state index contributed by atoms with van der Waals surface area (Å²) in [5.74, 6) is 3.36. The Morgan fingerprint density at radius 2 is 1.73 bits per heavy atom. The van der Waals surface area contributed by atoms with Crippen LogP contribution in [0.3, 0.4) is 0 Å². The first-order chi connectivity index (χ1) is 12.8. The summed E-state index contributed by atoms with van der Waals surface area (Å²) in [6.45, 7) is 0.645. The van der Waals surface area contributed by atoms with Gasteiger partial charge in [-0.15, -0.1) is 10.2 Å². The summed E-state index contributed by atoms with van der Waals surface area (Å²) in [6.07, 6.45) is 2.62. The molecule has 1 heterocycles. The van der Waals surface area contributed by atoms with Crippen LogP contribution in [0.15, 0.2) is 60.0 Å². The highest BCUT2D eigenvalue weighted by molar-refractivity contribution is 7.99. The fourth-order valence-electron chi connectivity index (χ4n) is 2.34. The summed E-state index contributed by atoms with van der Waals surface area (Å²) in [5.41, 5.74) is 0.978. The molecule has 7 heteroatoms. The molecule has 0 saturated carbocycles. The molecule has 3 rings (SSSR count). The minimum atomic E-state index is 0.645. The zero-order valence-electron chi connectivity index (χ0n) is 14.8. The normalized spacial score (nSPS) is 10.5. The van der Waals surface area contributed by atoms with E-state index < -0.39 is 0 Å². The molecule has 26 heavy (non-hydrogen) atoms. The van der Waals surface area contributed by atoms with Crippen molar-refractivity contribution in [3.8, 4) is 22.9 Å². The lowest BCUT2D eigenvalue weighted by Crippen LogP contribution is -2.00. The lowest BCUT2D eigenvalue weighted by molar-refractivity contribution is 0.318. The molecule has 0 fully saturated rings. The van der Waals surface area contributed by atoms with Crippen molar-refractivity contribution in [1.29, 1.82) is 0 Å². The van der Waals surface area contributed by atoms with Crippen molar-refractivity contribution in [2.24, 2.45) is 0 Å². The topological polar surface area (TPSA) is 58.4 Å². The monoisotopic (exact) mass is 371 g/mol. The van der Waals surface area contributed by atoms with Gasteiger partial charge in [-0.25, -0.2) is 0 Å².